The lowest BCUT2D eigenvalue weighted by molar-refractivity contribution is -0.115. The van der Waals surface area contributed by atoms with Crippen molar-refractivity contribution in [1.29, 1.82) is 0 Å². The Balaban J connectivity index is 1.98. The SMILES string of the molecule is O=C(Cc1ccc(Cl)cc1)Nc1cncc(F)c1. The second kappa shape index (κ2) is 5.60. The highest BCUT2D eigenvalue weighted by atomic mass is 35.5. The average molecular weight is 265 g/mol. The van der Waals surface area contributed by atoms with Gasteiger partial charge >= 0.3 is 0 Å². The largest absolute Gasteiger partial charge is 0.324 e. The van der Waals surface area contributed by atoms with Crippen LogP contribution in [-0.2, 0) is 11.2 Å². The molecule has 1 aromatic carbocycles. The van der Waals surface area contributed by atoms with Crippen molar-refractivity contribution in [2.45, 2.75) is 6.42 Å². The quantitative estimate of drug-likeness (QED) is 0.926. The van der Waals surface area contributed by atoms with Crippen molar-refractivity contribution >= 4 is 23.2 Å². The Morgan fingerprint density at radius 2 is 2.00 bits per heavy atom. The van der Waals surface area contributed by atoms with Crippen LogP contribution in [0.5, 0.6) is 0 Å². The minimum atomic E-state index is -0.487. The summed E-state index contributed by atoms with van der Waals surface area (Å²) in [6.07, 6.45) is 2.67. The molecule has 3 nitrogen and oxygen atoms in total. The molecule has 0 bridgehead atoms. The molecule has 0 saturated heterocycles. The van der Waals surface area contributed by atoms with Crippen LogP contribution < -0.4 is 5.32 Å². The van der Waals surface area contributed by atoms with Gasteiger partial charge in [0.2, 0.25) is 5.91 Å². The number of benzene rings is 1. The van der Waals surface area contributed by atoms with Gasteiger partial charge in [0.1, 0.15) is 5.82 Å². The van der Waals surface area contributed by atoms with Crippen LogP contribution in [0.15, 0.2) is 42.7 Å². The maximum atomic E-state index is 12.9. The van der Waals surface area contributed by atoms with Gasteiger partial charge in [-0.25, -0.2) is 4.39 Å². The summed E-state index contributed by atoms with van der Waals surface area (Å²) < 4.78 is 12.9. The summed E-state index contributed by atoms with van der Waals surface area (Å²) in [4.78, 5) is 15.3. The van der Waals surface area contributed by atoms with Gasteiger partial charge in [-0.05, 0) is 17.7 Å². The monoisotopic (exact) mass is 264 g/mol. The van der Waals surface area contributed by atoms with Gasteiger partial charge in [-0.2, -0.15) is 0 Å². The number of pyridine rings is 1. The van der Waals surface area contributed by atoms with Gasteiger partial charge < -0.3 is 5.32 Å². The molecule has 5 heteroatoms. The molecule has 0 unspecified atom stereocenters. The van der Waals surface area contributed by atoms with Crippen LogP contribution in [0.25, 0.3) is 0 Å². The third-order valence-electron chi connectivity index (χ3n) is 2.27. The van der Waals surface area contributed by atoms with Crippen molar-refractivity contribution in [1.82, 2.24) is 4.98 Å². The maximum absolute atomic E-state index is 12.9. The second-order valence-electron chi connectivity index (χ2n) is 3.74. The standard InChI is InChI=1S/C13H10ClFN2O/c14-10-3-1-9(2-4-10)5-13(18)17-12-6-11(15)7-16-8-12/h1-4,6-8H,5H2,(H,17,18). The summed E-state index contributed by atoms with van der Waals surface area (Å²) in [5.74, 6) is -0.719. The molecule has 2 rings (SSSR count). The number of rotatable bonds is 3. The molecule has 0 fully saturated rings. The van der Waals surface area contributed by atoms with E-state index in [9.17, 15) is 9.18 Å². The summed E-state index contributed by atoms with van der Waals surface area (Å²) in [5, 5.41) is 3.19. The zero-order valence-electron chi connectivity index (χ0n) is 9.36. The zero-order valence-corrected chi connectivity index (χ0v) is 10.1. The first kappa shape index (κ1) is 12.5. The molecule has 2 aromatic rings. The number of nitrogens with one attached hydrogen (secondary N) is 1. The van der Waals surface area contributed by atoms with Gasteiger partial charge in [-0.15, -0.1) is 0 Å². The van der Waals surface area contributed by atoms with Crippen molar-refractivity contribution in [2.75, 3.05) is 5.32 Å². The van der Waals surface area contributed by atoms with Crippen molar-refractivity contribution in [2.24, 2.45) is 0 Å². The third kappa shape index (κ3) is 3.53. The minimum Gasteiger partial charge on any atom is -0.324 e. The molecule has 1 N–H and O–H groups in total. The molecule has 0 aliphatic heterocycles. The highest BCUT2D eigenvalue weighted by Crippen LogP contribution is 2.11. The molecule has 0 saturated carbocycles. The number of nitrogens with zero attached hydrogens (tertiary/aromatic N) is 1. The van der Waals surface area contributed by atoms with E-state index in [1.165, 1.54) is 12.3 Å². The van der Waals surface area contributed by atoms with E-state index in [1.807, 2.05) is 0 Å². The first-order valence-electron chi connectivity index (χ1n) is 5.28. The van der Waals surface area contributed by atoms with E-state index in [0.717, 1.165) is 11.8 Å². The fourth-order valence-electron chi connectivity index (χ4n) is 1.47. The van der Waals surface area contributed by atoms with Gasteiger partial charge in [-0.3, -0.25) is 9.78 Å². The minimum absolute atomic E-state index is 0.202. The third-order valence-corrected chi connectivity index (χ3v) is 2.52. The Morgan fingerprint density at radius 1 is 1.28 bits per heavy atom. The molecule has 92 valence electrons. The Morgan fingerprint density at radius 3 is 2.67 bits per heavy atom. The van der Waals surface area contributed by atoms with Gasteiger partial charge in [0, 0.05) is 11.1 Å². The van der Waals surface area contributed by atoms with E-state index in [-0.39, 0.29) is 12.3 Å². The first-order valence-corrected chi connectivity index (χ1v) is 5.66. The maximum Gasteiger partial charge on any atom is 0.228 e. The van der Waals surface area contributed by atoms with Gasteiger partial charge in [0.25, 0.3) is 0 Å². The normalized spacial score (nSPS) is 10.1. The number of amides is 1. The molecule has 0 spiro atoms. The van der Waals surface area contributed by atoms with E-state index in [0.29, 0.717) is 10.7 Å². The van der Waals surface area contributed by atoms with E-state index >= 15 is 0 Å². The molecular weight excluding hydrogens is 255 g/mol. The number of aromatic nitrogens is 1. The summed E-state index contributed by atoms with van der Waals surface area (Å²) in [6, 6.07) is 8.19. The fraction of sp³-hybridized carbons (Fsp3) is 0.0769. The van der Waals surface area contributed by atoms with Crippen molar-refractivity contribution in [3.05, 3.63) is 59.1 Å². The Kier molecular flexibility index (Phi) is 3.89. The zero-order chi connectivity index (χ0) is 13.0. The topological polar surface area (TPSA) is 42.0 Å². The lowest BCUT2D eigenvalue weighted by Crippen LogP contribution is -2.14. The van der Waals surface area contributed by atoms with Crippen LogP contribution in [0, 0.1) is 5.82 Å². The number of halogens is 2. The molecule has 18 heavy (non-hydrogen) atoms. The summed E-state index contributed by atoms with van der Waals surface area (Å²) in [6.45, 7) is 0. The number of carbonyl (C=O) groups is 1. The van der Waals surface area contributed by atoms with E-state index < -0.39 is 5.82 Å². The van der Waals surface area contributed by atoms with Crippen LogP contribution >= 0.6 is 11.6 Å². The summed E-state index contributed by atoms with van der Waals surface area (Å²) >= 11 is 5.74. The van der Waals surface area contributed by atoms with Crippen molar-refractivity contribution in [3.63, 3.8) is 0 Å². The lowest BCUT2D eigenvalue weighted by atomic mass is 10.1. The first-order chi connectivity index (χ1) is 8.63. The predicted octanol–water partition coefficient (Wildman–Crippen LogP) is 3.06. The second-order valence-corrected chi connectivity index (χ2v) is 4.18. The van der Waals surface area contributed by atoms with Crippen LogP contribution in [0.2, 0.25) is 5.02 Å². The van der Waals surface area contributed by atoms with E-state index in [1.54, 1.807) is 24.3 Å². The van der Waals surface area contributed by atoms with Crippen molar-refractivity contribution in [3.8, 4) is 0 Å². The van der Waals surface area contributed by atoms with Gasteiger partial charge in [-0.1, -0.05) is 23.7 Å². The summed E-state index contributed by atoms with van der Waals surface area (Å²) in [5.41, 5.74) is 1.18. The number of carbonyl (C=O) groups excluding carboxylic acids is 1. The Bertz CT molecular complexity index is 557. The van der Waals surface area contributed by atoms with Crippen LogP contribution in [-0.4, -0.2) is 10.9 Å². The molecule has 0 aliphatic carbocycles. The smallest absolute Gasteiger partial charge is 0.228 e. The summed E-state index contributed by atoms with van der Waals surface area (Å²) in [7, 11) is 0. The molecule has 1 heterocycles. The lowest BCUT2D eigenvalue weighted by Gasteiger charge is -2.05. The van der Waals surface area contributed by atoms with Crippen LogP contribution in [0.1, 0.15) is 5.56 Å². The highest BCUT2D eigenvalue weighted by molar-refractivity contribution is 6.30. The number of hydrogen-bond acceptors (Lipinski definition) is 2. The van der Waals surface area contributed by atoms with Crippen LogP contribution in [0.3, 0.4) is 0 Å². The molecule has 0 radical (unpaired) electrons. The molecule has 0 aliphatic rings. The van der Waals surface area contributed by atoms with E-state index in [4.69, 9.17) is 11.6 Å². The van der Waals surface area contributed by atoms with Crippen molar-refractivity contribution < 1.29 is 9.18 Å². The number of anilines is 1. The Labute approximate surface area is 109 Å². The van der Waals surface area contributed by atoms with Gasteiger partial charge in [0.15, 0.2) is 0 Å². The molecule has 1 amide bonds. The van der Waals surface area contributed by atoms with Crippen LogP contribution in [0.4, 0.5) is 10.1 Å². The highest BCUT2D eigenvalue weighted by Gasteiger charge is 2.05. The van der Waals surface area contributed by atoms with E-state index in [2.05, 4.69) is 10.3 Å². The van der Waals surface area contributed by atoms with Gasteiger partial charge in [0.05, 0.1) is 24.5 Å². The average Bonchev–Trinajstić information content (AvgIpc) is 2.32. The molecular formula is C13H10ClFN2O. The Hall–Kier alpha value is -1.94. The molecule has 0 atom stereocenters. The molecule has 1 aromatic heterocycles. The fourth-order valence-corrected chi connectivity index (χ4v) is 1.60. The number of hydrogen-bond donors (Lipinski definition) is 1. The predicted molar refractivity (Wildman–Crippen MR) is 68.0 cm³/mol.